The number of carbonyl (C=O) groups excluding carboxylic acids is 2. The van der Waals surface area contributed by atoms with Crippen LogP contribution in [0.5, 0.6) is 11.5 Å². The van der Waals surface area contributed by atoms with Crippen molar-refractivity contribution in [3.63, 3.8) is 0 Å². The first-order valence-electron chi connectivity index (χ1n) is 8.91. The molecule has 0 spiro atoms. The highest BCUT2D eigenvalue weighted by Crippen LogP contribution is 2.28. The monoisotopic (exact) mass is 383 g/mol. The predicted molar refractivity (Wildman–Crippen MR) is 109 cm³/mol. The number of nitrogens with one attached hydrogen (secondary N) is 2. The Labute approximate surface area is 164 Å². The molecule has 0 unspecified atom stereocenters. The molecule has 2 rings (SSSR count). The Kier molecular flexibility index (Phi) is 7.56. The number of ether oxygens (including phenoxy) is 2. The van der Waals surface area contributed by atoms with E-state index in [9.17, 15) is 9.59 Å². The van der Waals surface area contributed by atoms with Gasteiger partial charge in [0, 0.05) is 5.69 Å². The summed E-state index contributed by atoms with van der Waals surface area (Å²) in [6.45, 7) is 5.74. The maximum absolute atomic E-state index is 12.0. The van der Waals surface area contributed by atoms with E-state index in [0.29, 0.717) is 17.2 Å². The lowest BCUT2D eigenvalue weighted by molar-refractivity contribution is -0.126. The summed E-state index contributed by atoms with van der Waals surface area (Å²) in [5, 5.41) is 6.59. The third-order valence-electron chi connectivity index (χ3n) is 3.69. The molecule has 0 bridgehead atoms. The van der Waals surface area contributed by atoms with E-state index in [4.69, 9.17) is 9.47 Å². The van der Waals surface area contributed by atoms with E-state index in [1.54, 1.807) is 31.4 Å². The van der Waals surface area contributed by atoms with Crippen LogP contribution in [-0.4, -0.2) is 31.2 Å². The number of nitrogens with zero attached hydrogens (tertiary/aromatic N) is 1. The maximum atomic E-state index is 12.0. The van der Waals surface area contributed by atoms with Crippen LogP contribution in [0.4, 0.5) is 5.69 Å². The Morgan fingerprint density at radius 2 is 1.86 bits per heavy atom. The third-order valence-corrected chi connectivity index (χ3v) is 3.69. The summed E-state index contributed by atoms with van der Waals surface area (Å²) in [5.74, 6) is 0.293. The number of hydrogen-bond acceptors (Lipinski definition) is 5. The Morgan fingerprint density at radius 3 is 2.54 bits per heavy atom. The molecule has 0 saturated carbocycles. The number of benzene rings is 2. The van der Waals surface area contributed by atoms with Crippen molar-refractivity contribution in [2.45, 2.75) is 33.3 Å². The molecule has 148 valence electrons. The zero-order chi connectivity index (χ0) is 20.5. The number of methoxy groups -OCH3 is 1. The van der Waals surface area contributed by atoms with Crippen molar-refractivity contribution in [2.24, 2.45) is 5.10 Å². The van der Waals surface area contributed by atoms with Crippen molar-refractivity contribution in [1.29, 1.82) is 0 Å². The number of carbonyl (C=O) groups is 2. The second-order valence-corrected chi connectivity index (χ2v) is 6.41. The van der Waals surface area contributed by atoms with Crippen molar-refractivity contribution < 1.29 is 19.1 Å². The highest BCUT2D eigenvalue weighted by Gasteiger charge is 2.10. The minimum Gasteiger partial charge on any atom is -0.493 e. The lowest BCUT2D eigenvalue weighted by atomic mass is 10.2. The normalized spacial score (nSPS) is 10.8. The zero-order valence-corrected chi connectivity index (χ0v) is 16.5. The van der Waals surface area contributed by atoms with Gasteiger partial charge in [0.1, 0.15) is 6.42 Å². The molecule has 0 aliphatic rings. The Balaban J connectivity index is 1.89. The van der Waals surface area contributed by atoms with Gasteiger partial charge in [0.15, 0.2) is 11.5 Å². The Morgan fingerprint density at radius 1 is 1.11 bits per heavy atom. The second kappa shape index (κ2) is 10.1. The molecule has 2 N–H and O–H groups in total. The average molecular weight is 383 g/mol. The van der Waals surface area contributed by atoms with Crippen LogP contribution < -0.4 is 20.2 Å². The van der Waals surface area contributed by atoms with Crippen LogP contribution in [0.25, 0.3) is 0 Å². The number of amides is 2. The molecule has 2 aromatic rings. The first-order chi connectivity index (χ1) is 13.4. The number of anilines is 1. The summed E-state index contributed by atoms with van der Waals surface area (Å²) in [6.07, 6.45) is 1.17. The minimum absolute atomic E-state index is 0.0264. The number of hydrogen-bond donors (Lipinski definition) is 2. The van der Waals surface area contributed by atoms with Gasteiger partial charge >= 0.3 is 0 Å². The Hall–Kier alpha value is -3.35. The van der Waals surface area contributed by atoms with Gasteiger partial charge in [-0.2, -0.15) is 5.10 Å². The van der Waals surface area contributed by atoms with E-state index >= 15 is 0 Å². The highest BCUT2D eigenvalue weighted by molar-refractivity contribution is 6.04. The van der Waals surface area contributed by atoms with E-state index in [1.807, 2.05) is 39.0 Å². The summed E-state index contributed by atoms with van der Waals surface area (Å²) < 4.78 is 11.0. The van der Waals surface area contributed by atoms with Gasteiger partial charge < -0.3 is 14.8 Å². The summed E-state index contributed by atoms with van der Waals surface area (Å²) in [6, 6.07) is 12.7. The molecule has 0 radical (unpaired) electrons. The summed E-state index contributed by atoms with van der Waals surface area (Å²) in [5.41, 5.74) is 4.67. The fourth-order valence-corrected chi connectivity index (χ4v) is 2.39. The van der Waals surface area contributed by atoms with E-state index in [-0.39, 0.29) is 12.5 Å². The number of para-hydroxylation sites is 1. The smallest absolute Gasteiger partial charge is 0.249 e. The molecule has 7 heteroatoms. The van der Waals surface area contributed by atoms with Crippen molar-refractivity contribution >= 4 is 23.7 Å². The lowest BCUT2D eigenvalue weighted by Crippen LogP contribution is -2.24. The van der Waals surface area contributed by atoms with Crippen LogP contribution in [0.15, 0.2) is 47.6 Å². The van der Waals surface area contributed by atoms with E-state index < -0.39 is 11.8 Å². The largest absolute Gasteiger partial charge is 0.493 e. The third kappa shape index (κ3) is 6.42. The molecular weight excluding hydrogens is 358 g/mol. The van der Waals surface area contributed by atoms with Gasteiger partial charge in [0.2, 0.25) is 11.8 Å². The van der Waals surface area contributed by atoms with Gasteiger partial charge in [0.05, 0.1) is 19.4 Å². The highest BCUT2D eigenvalue weighted by atomic mass is 16.5. The van der Waals surface area contributed by atoms with Crippen LogP contribution >= 0.6 is 0 Å². The Bertz CT molecular complexity index is 862. The van der Waals surface area contributed by atoms with Crippen molar-refractivity contribution in [1.82, 2.24) is 5.43 Å². The quantitative estimate of drug-likeness (QED) is 0.416. The number of aryl methyl sites for hydroxylation is 1. The van der Waals surface area contributed by atoms with Crippen molar-refractivity contribution in [3.05, 3.63) is 53.6 Å². The molecule has 0 aromatic heterocycles. The molecule has 0 fully saturated rings. The van der Waals surface area contributed by atoms with E-state index in [0.717, 1.165) is 11.1 Å². The van der Waals surface area contributed by atoms with Crippen LogP contribution in [0.1, 0.15) is 31.4 Å². The maximum Gasteiger partial charge on any atom is 0.249 e. The first kappa shape index (κ1) is 21.0. The van der Waals surface area contributed by atoms with Gasteiger partial charge in [-0.15, -0.1) is 0 Å². The number of rotatable bonds is 8. The van der Waals surface area contributed by atoms with E-state index in [1.165, 1.54) is 6.21 Å². The molecule has 2 aromatic carbocycles. The summed E-state index contributed by atoms with van der Waals surface area (Å²) in [4.78, 5) is 23.8. The van der Waals surface area contributed by atoms with Gasteiger partial charge in [-0.25, -0.2) is 5.43 Å². The molecular formula is C21H25N3O4. The summed E-state index contributed by atoms with van der Waals surface area (Å²) >= 11 is 0. The van der Waals surface area contributed by atoms with Crippen molar-refractivity contribution in [2.75, 3.05) is 12.4 Å². The minimum atomic E-state index is -0.505. The molecule has 0 saturated heterocycles. The molecule has 0 aliphatic carbocycles. The van der Waals surface area contributed by atoms with Crippen LogP contribution in [0.3, 0.4) is 0 Å². The van der Waals surface area contributed by atoms with Crippen LogP contribution in [0.2, 0.25) is 0 Å². The molecule has 28 heavy (non-hydrogen) atoms. The fraction of sp³-hybridized carbons (Fsp3) is 0.286. The summed E-state index contributed by atoms with van der Waals surface area (Å²) in [7, 11) is 1.55. The topological polar surface area (TPSA) is 89.0 Å². The zero-order valence-electron chi connectivity index (χ0n) is 16.5. The van der Waals surface area contributed by atoms with Crippen molar-refractivity contribution in [3.8, 4) is 11.5 Å². The molecule has 2 amide bonds. The van der Waals surface area contributed by atoms with Gasteiger partial charge in [-0.3, -0.25) is 9.59 Å². The lowest BCUT2D eigenvalue weighted by Gasteiger charge is -2.13. The molecule has 0 heterocycles. The molecule has 7 nitrogen and oxygen atoms in total. The fourth-order valence-electron chi connectivity index (χ4n) is 2.39. The predicted octanol–water partition coefficient (Wildman–Crippen LogP) is 3.27. The van der Waals surface area contributed by atoms with Crippen LogP contribution in [0, 0.1) is 6.92 Å². The SMILES string of the molecule is COc1cc(C=NNC(=O)CC(=O)Nc2ccccc2C)ccc1OC(C)C. The standard InChI is InChI=1S/C21H25N3O4/c1-14(2)28-18-10-9-16(11-19(18)27-4)13-22-24-21(26)12-20(25)23-17-8-6-5-7-15(17)3/h5-11,13-14H,12H2,1-4H3,(H,23,25)(H,24,26). The van der Waals surface area contributed by atoms with Crippen LogP contribution in [-0.2, 0) is 9.59 Å². The van der Waals surface area contributed by atoms with Gasteiger partial charge in [0.25, 0.3) is 0 Å². The first-order valence-corrected chi connectivity index (χ1v) is 8.91. The average Bonchev–Trinajstić information content (AvgIpc) is 2.64. The van der Waals surface area contributed by atoms with E-state index in [2.05, 4.69) is 15.8 Å². The molecule has 0 aliphatic heterocycles. The van der Waals surface area contributed by atoms with Gasteiger partial charge in [-0.1, -0.05) is 18.2 Å². The second-order valence-electron chi connectivity index (χ2n) is 6.41. The number of hydrazone groups is 1. The van der Waals surface area contributed by atoms with Gasteiger partial charge in [-0.05, 0) is 56.2 Å². The molecule has 0 atom stereocenters.